The van der Waals surface area contributed by atoms with E-state index in [9.17, 15) is 0 Å². The molecule has 0 aliphatic heterocycles. The van der Waals surface area contributed by atoms with Gasteiger partial charge in [-0.1, -0.05) is 6.07 Å². The van der Waals surface area contributed by atoms with E-state index in [2.05, 4.69) is 52.6 Å². The van der Waals surface area contributed by atoms with Crippen molar-refractivity contribution in [1.82, 2.24) is 9.97 Å². The van der Waals surface area contributed by atoms with Gasteiger partial charge in [0.2, 0.25) is 5.95 Å². The number of benzene rings is 1. The van der Waals surface area contributed by atoms with E-state index >= 15 is 0 Å². The predicted octanol–water partition coefficient (Wildman–Crippen LogP) is 4.04. The maximum absolute atomic E-state index is 5.29. The minimum absolute atomic E-state index is 0.564. The van der Waals surface area contributed by atoms with Crippen LogP contribution in [0.5, 0.6) is 0 Å². The highest BCUT2D eigenvalue weighted by atomic mass is 16.3. The van der Waals surface area contributed by atoms with Crippen molar-refractivity contribution < 1.29 is 4.42 Å². The molecule has 22 heavy (non-hydrogen) atoms. The maximum atomic E-state index is 5.29. The van der Waals surface area contributed by atoms with Gasteiger partial charge in [-0.3, -0.25) is 0 Å². The standard InChI is InChI=1S/C17H18N4O/c1-12-8-13(2)10-14(9-12)20-17-18-6-5-16(21-17)19-11-15-4-3-7-22-15/h3-10H,11H2,1-2H3,(H2,18,19,20,21). The van der Waals surface area contributed by atoms with Gasteiger partial charge >= 0.3 is 0 Å². The first kappa shape index (κ1) is 14.1. The Kier molecular flexibility index (Phi) is 4.05. The maximum Gasteiger partial charge on any atom is 0.229 e. The van der Waals surface area contributed by atoms with Crippen LogP contribution in [0.2, 0.25) is 0 Å². The number of hydrogen-bond donors (Lipinski definition) is 2. The number of hydrogen-bond acceptors (Lipinski definition) is 5. The van der Waals surface area contributed by atoms with E-state index in [1.54, 1.807) is 12.5 Å². The summed E-state index contributed by atoms with van der Waals surface area (Å²) in [6, 6.07) is 11.9. The van der Waals surface area contributed by atoms with E-state index in [0.29, 0.717) is 12.5 Å². The Balaban J connectivity index is 1.70. The highest BCUT2D eigenvalue weighted by Crippen LogP contribution is 2.18. The number of anilines is 3. The summed E-state index contributed by atoms with van der Waals surface area (Å²) in [5, 5.41) is 6.44. The molecule has 0 atom stereocenters. The Hall–Kier alpha value is -2.82. The molecule has 2 N–H and O–H groups in total. The van der Waals surface area contributed by atoms with E-state index in [-0.39, 0.29) is 0 Å². The summed E-state index contributed by atoms with van der Waals surface area (Å²) in [4.78, 5) is 8.71. The lowest BCUT2D eigenvalue weighted by Crippen LogP contribution is -2.03. The summed E-state index contributed by atoms with van der Waals surface area (Å²) >= 11 is 0. The number of nitrogens with zero attached hydrogens (tertiary/aromatic N) is 2. The van der Waals surface area contributed by atoms with E-state index in [1.807, 2.05) is 18.2 Å². The van der Waals surface area contributed by atoms with Crippen LogP contribution in [-0.2, 0) is 6.54 Å². The summed E-state index contributed by atoms with van der Waals surface area (Å²) < 4.78 is 5.29. The topological polar surface area (TPSA) is 63.0 Å². The zero-order valence-corrected chi connectivity index (χ0v) is 12.6. The fourth-order valence-electron chi connectivity index (χ4n) is 2.28. The average Bonchev–Trinajstić information content (AvgIpc) is 2.98. The predicted molar refractivity (Wildman–Crippen MR) is 87.3 cm³/mol. The van der Waals surface area contributed by atoms with Crippen LogP contribution >= 0.6 is 0 Å². The van der Waals surface area contributed by atoms with Crippen molar-refractivity contribution in [1.29, 1.82) is 0 Å². The molecular formula is C17H18N4O. The zero-order valence-electron chi connectivity index (χ0n) is 12.6. The van der Waals surface area contributed by atoms with E-state index in [1.165, 1.54) is 11.1 Å². The zero-order chi connectivity index (χ0) is 15.4. The van der Waals surface area contributed by atoms with Gasteiger partial charge in [-0.2, -0.15) is 4.98 Å². The molecule has 0 unspecified atom stereocenters. The molecule has 5 heteroatoms. The fraction of sp³-hybridized carbons (Fsp3) is 0.176. The molecule has 0 spiro atoms. The SMILES string of the molecule is Cc1cc(C)cc(Nc2nccc(NCc3ccco3)n2)c1. The molecule has 5 nitrogen and oxygen atoms in total. The molecular weight excluding hydrogens is 276 g/mol. The van der Waals surface area contributed by atoms with Crippen LogP contribution in [0.4, 0.5) is 17.5 Å². The van der Waals surface area contributed by atoms with Gasteiger partial charge in [-0.05, 0) is 55.3 Å². The van der Waals surface area contributed by atoms with Gasteiger partial charge in [0.25, 0.3) is 0 Å². The van der Waals surface area contributed by atoms with Crippen LogP contribution in [-0.4, -0.2) is 9.97 Å². The van der Waals surface area contributed by atoms with Gasteiger partial charge in [0.1, 0.15) is 11.6 Å². The second kappa shape index (κ2) is 6.30. The Morgan fingerprint density at radius 3 is 2.64 bits per heavy atom. The van der Waals surface area contributed by atoms with Crippen molar-refractivity contribution in [2.45, 2.75) is 20.4 Å². The second-order valence-corrected chi connectivity index (χ2v) is 5.20. The van der Waals surface area contributed by atoms with Crippen molar-refractivity contribution >= 4 is 17.5 Å². The summed E-state index contributed by atoms with van der Waals surface area (Å²) in [5.74, 6) is 2.18. The quantitative estimate of drug-likeness (QED) is 0.743. The minimum Gasteiger partial charge on any atom is -0.467 e. The van der Waals surface area contributed by atoms with E-state index in [0.717, 1.165) is 17.3 Å². The molecule has 0 saturated carbocycles. The molecule has 0 aliphatic rings. The van der Waals surface area contributed by atoms with E-state index < -0.39 is 0 Å². The van der Waals surface area contributed by atoms with E-state index in [4.69, 9.17) is 4.42 Å². The van der Waals surface area contributed by atoms with Gasteiger partial charge in [-0.25, -0.2) is 4.98 Å². The third kappa shape index (κ3) is 3.63. The lowest BCUT2D eigenvalue weighted by molar-refractivity contribution is 0.518. The molecule has 2 heterocycles. The Morgan fingerprint density at radius 2 is 1.91 bits per heavy atom. The normalized spacial score (nSPS) is 10.5. The van der Waals surface area contributed by atoms with Crippen LogP contribution in [0.25, 0.3) is 0 Å². The van der Waals surface area contributed by atoms with Crippen molar-refractivity contribution in [2.75, 3.05) is 10.6 Å². The molecule has 0 aliphatic carbocycles. The molecule has 3 aromatic rings. The molecule has 0 amide bonds. The first-order valence-electron chi connectivity index (χ1n) is 7.14. The molecule has 0 fully saturated rings. The average molecular weight is 294 g/mol. The molecule has 0 bridgehead atoms. The third-order valence-corrected chi connectivity index (χ3v) is 3.16. The molecule has 1 aromatic carbocycles. The third-order valence-electron chi connectivity index (χ3n) is 3.16. The summed E-state index contributed by atoms with van der Waals surface area (Å²) in [7, 11) is 0. The first-order valence-corrected chi connectivity index (χ1v) is 7.14. The van der Waals surface area contributed by atoms with Gasteiger partial charge in [-0.15, -0.1) is 0 Å². The van der Waals surface area contributed by atoms with Gasteiger partial charge in [0, 0.05) is 11.9 Å². The number of furan rings is 1. The summed E-state index contributed by atoms with van der Waals surface area (Å²) in [5.41, 5.74) is 3.39. The van der Waals surface area contributed by atoms with Crippen molar-refractivity contribution in [2.24, 2.45) is 0 Å². The number of aromatic nitrogens is 2. The van der Waals surface area contributed by atoms with Crippen LogP contribution in [0.15, 0.2) is 53.3 Å². The highest BCUT2D eigenvalue weighted by molar-refractivity contribution is 5.57. The molecule has 0 saturated heterocycles. The summed E-state index contributed by atoms with van der Waals surface area (Å²) in [6.45, 7) is 4.73. The molecule has 2 aromatic heterocycles. The lowest BCUT2D eigenvalue weighted by atomic mass is 10.1. The Labute approximate surface area is 129 Å². The van der Waals surface area contributed by atoms with Gasteiger partial charge in [0.15, 0.2) is 0 Å². The second-order valence-electron chi connectivity index (χ2n) is 5.20. The van der Waals surface area contributed by atoms with Crippen LogP contribution < -0.4 is 10.6 Å². The monoisotopic (exact) mass is 294 g/mol. The van der Waals surface area contributed by atoms with Gasteiger partial charge < -0.3 is 15.1 Å². The Morgan fingerprint density at radius 1 is 1.09 bits per heavy atom. The summed E-state index contributed by atoms with van der Waals surface area (Å²) in [6.07, 6.45) is 3.38. The first-order chi connectivity index (χ1) is 10.7. The Bertz CT molecular complexity index is 733. The van der Waals surface area contributed by atoms with Crippen LogP contribution in [0, 0.1) is 13.8 Å². The van der Waals surface area contributed by atoms with Gasteiger partial charge in [0.05, 0.1) is 12.8 Å². The number of rotatable bonds is 5. The van der Waals surface area contributed by atoms with Crippen LogP contribution in [0.1, 0.15) is 16.9 Å². The van der Waals surface area contributed by atoms with Crippen molar-refractivity contribution in [3.8, 4) is 0 Å². The molecule has 3 rings (SSSR count). The number of nitrogens with one attached hydrogen (secondary N) is 2. The lowest BCUT2D eigenvalue weighted by Gasteiger charge is -2.09. The van der Waals surface area contributed by atoms with Crippen molar-refractivity contribution in [3.05, 3.63) is 65.7 Å². The minimum atomic E-state index is 0.564. The largest absolute Gasteiger partial charge is 0.467 e. The van der Waals surface area contributed by atoms with Crippen LogP contribution in [0.3, 0.4) is 0 Å². The number of aryl methyl sites for hydroxylation is 2. The highest BCUT2D eigenvalue weighted by Gasteiger charge is 2.02. The smallest absolute Gasteiger partial charge is 0.229 e. The van der Waals surface area contributed by atoms with Crippen molar-refractivity contribution in [3.63, 3.8) is 0 Å². The fourth-order valence-corrected chi connectivity index (χ4v) is 2.28. The molecule has 112 valence electrons. The molecule has 0 radical (unpaired) electrons.